The van der Waals surface area contributed by atoms with E-state index in [1.165, 1.54) is 12.4 Å². The number of nitrogens with two attached hydrogens (primary N) is 1. The molecule has 0 radical (unpaired) electrons. The number of hydrogen-bond donors (Lipinski definition) is 1. The van der Waals surface area contributed by atoms with Crippen LogP contribution in [0.5, 0.6) is 0 Å². The summed E-state index contributed by atoms with van der Waals surface area (Å²) in [6.07, 6.45) is 4.26. The van der Waals surface area contributed by atoms with Gasteiger partial charge in [0.05, 0.1) is 12.2 Å². The molecule has 1 aromatic heterocycles. The molecule has 6 heteroatoms. The minimum atomic E-state index is -0.521. The zero-order valence-electron chi connectivity index (χ0n) is 10.5. The minimum Gasteiger partial charge on any atom is -0.457 e. The molecule has 0 saturated carbocycles. The first kappa shape index (κ1) is 12.8. The molecule has 2 N–H and O–H groups in total. The molecule has 18 heavy (non-hydrogen) atoms. The number of ether oxygens (including phenoxy) is 2. The molecular formula is C12H17N3O3. The van der Waals surface area contributed by atoms with Gasteiger partial charge in [-0.25, -0.2) is 14.8 Å². The fraction of sp³-hybridized carbons (Fsp3) is 0.583. The summed E-state index contributed by atoms with van der Waals surface area (Å²) >= 11 is 0. The molecule has 2 rings (SSSR count). The number of hydrogen-bond acceptors (Lipinski definition) is 6. The molecule has 2 unspecified atom stereocenters. The second-order valence-electron chi connectivity index (χ2n) is 4.55. The highest BCUT2D eigenvalue weighted by Gasteiger charge is 2.28. The highest BCUT2D eigenvalue weighted by atomic mass is 16.6. The Morgan fingerprint density at radius 1 is 1.33 bits per heavy atom. The Hall–Kier alpha value is -1.69. The zero-order valence-corrected chi connectivity index (χ0v) is 10.5. The van der Waals surface area contributed by atoms with E-state index in [4.69, 9.17) is 15.2 Å². The number of nitrogens with zero attached hydrogens (tertiary/aromatic N) is 2. The second kappa shape index (κ2) is 5.30. The van der Waals surface area contributed by atoms with Crippen LogP contribution < -0.4 is 5.73 Å². The summed E-state index contributed by atoms with van der Waals surface area (Å²) in [5, 5.41) is 0. The maximum absolute atomic E-state index is 11.9. The zero-order chi connectivity index (χ0) is 13.1. The summed E-state index contributed by atoms with van der Waals surface area (Å²) < 4.78 is 11.0. The fourth-order valence-electron chi connectivity index (χ4n) is 2.15. The lowest BCUT2D eigenvalue weighted by atomic mass is 10.0. The minimum absolute atomic E-state index is 0.0734. The molecule has 0 amide bonds. The summed E-state index contributed by atoms with van der Waals surface area (Å²) in [6.45, 7) is 3.93. The van der Waals surface area contributed by atoms with Crippen molar-refractivity contribution in [2.45, 2.75) is 45.0 Å². The molecule has 0 aromatic carbocycles. The van der Waals surface area contributed by atoms with Crippen molar-refractivity contribution in [3.05, 3.63) is 18.1 Å². The molecule has 98 valence electrons. The summed E-state index contributed by atoms with van der Waals surface area (Å²) in [5.41, 5.74) is 5.66. The smallest absolute Gasteiger partial charge is 0.361 e. The standard InChI is InChI=1S/C12H17N3O3/c1-7-5-9(6-8(2)17-7)18-12(16)10-11(13)15-4-3-14-10/h3-4,7-9H,5-6H2,1-2H3,(H2,13,15). The van der Waals surface area contributed by atoms with Crippen molar-refractivity contribution in [2.75, 3.05) is 5.73 Å². The van der Waals surface area contributed by atoms with Gasteiger partial charge in [-0.15, -0.1) is 0 Å². The van der Waals surface area contributed by atoms with Crippen molar-refractivity contribution in [3.8, 4) is 0 Å². The lowest BCUT2D eigenvalue weighted by Crippen LogP contribution is -2.35. The molecule has 1 fully saturated rings. The number of aromatic nitrogens is 2. The second-order valence-corrected chi connectivity index (χ2v) is 4.55. The Morgan fingerprint density at radius 2 is 1.94 bits per heavy atom. The van der Waals surface area contributed by atoms with Crippen molar-refractivity contribution >= 4 is 11.8 Å². The largest absolute Gasteiger partial charge is 0.457 e. The average Bonchev–Trinajstić information content (AvgIpc) is 2.27. The molecule has 0 aliphatic carbocycles. The van der Waals surface area contributed by atoms with Crippen LogP contribution in [0.1, 0.15) is 37.2 Å². The predicted molar refractivity (Wildman–Crippen MR) is 64.9 cm³/mol. The van der Waals surface area contributed by atoms with Crippen molar-refractivity contribution in [1.29, 1.82) is 0 Å². The summed E-state index contributed by atoms with van der Waals surface area (Å²) in [6, 6.07) is 0. The topological polar surface area (TPSA) is 87.3 Å². The summed E-state index contributed by atoms with van der Waals surface area (Å²) in [5.74, 6) is -0.428. The molecule has 6 nitrogen and oxygen atoms in total. The van der Waals surface area contributed by atoms with Crippen LogP contribution in [-0.4, -0.2) is 34.2 Å². The summed E-state index contributed by atoms with van der Waals surface area (Å²) in [4.78, 5) is 19.6. The SMILES string of the molecule is CC1CC(OC(=O)c2nccnc2N)CC(C)O1. The Labute approximate surface area is 106 Å². The normalized spacial score (nSPS) is 27.8. The summed E-state index contributed by atoms with van der Waals surface area (Å²) in [7, 11) is 0. The van der Waals surface area contributed by atoms with E-state index in [1.54, 1.807) is 0 Å². The Kier molecular flexibility index (Phi) is 3.76. The average molecular weight is 251 g/mol. The van der Waals surface area contributed by atoms with E-state index in [9.17, 15) is 4.79 Å². The van der Waals surface area contributed by atoms with Crippen LogP contribution in [0.3, 0.4) is 0 Å². The predicted octanol–water partition coefficient (Wildman–Crippen LogP) is 1.17. The lowest BCUT2D eigenvalue weighted by molar-refractivity contribution is -0.0856. The molecule has 1 aromatic rings. The molecule has 0 bridgehead atoms. The van der Waals surface area contributed by atoms with Crippen molar-refractivity contribution < 1.29 is 14.3 Å². The highest BCUT2D eigenvalue weighted by molar-refractivity contribution is 5.91. The van der Waals surface area contributed by atoms with E-state index in [0.29, 0.717) is 12.8 Å². The molecule has 1 aliphatic heterocycles. The van der Waals surface area contributed by atoms with Crippen LogP contribution in [-0.2, 0) is 9.47 Å². The third-order valence-corrected chi connectivity index (χ3v) is 2.85. The number of nitrogen functional groups attached to an aromatic ring is 1. The van der Waals surface area contributed by atoms with Crippen molar-refractivity contribution in [2.24, 2.45) is 0 Å². The lowest BCUT2D eigenvalue weighted by Gasteiger charge is -2.31. The van der Waals surface area contributed by atoms with Crippen LogP contribution in [0.2, 0.25) is 0 Å². The van der Waals surface area contributed by atoms with Gasteiger partial charge in [0, 0.05) is 25.2 Å². The van der Waals surface area contributed by atoms with E-state index in [1.807, 2.05) is 13.8 Å². The first-order valence-corrected chi connectivity index (χ1v) is 5.99. The monoisotopic (exact) mass is 251 g/mol. The number of esters is 1. The Balaban J connectivity index is 2.01. The number of carbonyl (C=O) groups is 1. The third-order valence-electron chi connectivity index (χ3n) is 2.85. The molecule has 2 heterocycles. The van der Waals surface area contributed by atoms with Crippen LogP contribution in [0.25, 0.3) is 0 Å². The van der Waals surface area contributed by atoms with Crippen molar-refractivity contribution in [1.82, 2.24) is 9.97 Å². The quantitative estimate of drug-likeness (QED) is 0.794. The number of carbonyl (C=O) groups excluding carboxylic acids is 1. The van der Waals surface area contributed by atoms with Gasteiger partial charge in [-0.05, 0) is 13.8 Å². The van der Waals surface area contributed by atoms with Crippen LogP contribution in [0.15, 0.2) is 12.4 Å². The van der Waals surface area contributed by atoms with Crippen LogP contribution >= 0.6 is 0 Å². The first-order valence-electron chi connectivity index (χ1n) is 5.99. The van der Waals surface area contributed by atoms with Gasteiger partial charge in [-0.2, -0.15) is 0 Å². The van der Waals surface area contributed by atoms with Crippen molar-refractivity contribution in [3.63, 3.8) is 0 Å². The van der Waals surface area contributed by atoms with Gasteiger partial charge in [0.25, 0.3) is 0 Å². The van der Waals surface area contributed by atoms with E-state index < -0.39 is 5.97 Å². The van der Waals surface area contributed by atoms with Gasteiger partial charge in [0.15, 0.2) is 11.5 Å². The Morgan fingerprint density at radius 3 is 2.56 bits per heavy atom. The van der Waals surface area contributed by atoms with E-state index in [-0.39, 0.29) is 29.8 Å². The van der Waals surface area contributed by atoms with Gasteiger partial charge < -0.3 is 15.2 Å². The maximum atomic E-state index is 11.9. The van der Waals surface area contributed by atoms with Gasteiger partial charge in [-0.1, -0.05) is 0 Å². The molecule has 1 aliphatic rings. The number of rotatable bonds is 2. The van der Waals surface area contributed by atoms with E-state index in [0.717, 1.165) is 0 Å². The molecule has 0 spiro atoms. The Bertz CT molecular complexity index is 428. The van der Waals surface area contributed by atoms with Crippen LogP contribution in [0, 0.1) is 0 Å². The van der Waals surface area contributed by atoms with Gasteiger partial charge in [0.2, 0.25) is 0 Å². The van der Waals surface area contributed by atoms with Gasteiger partial charge >= 0.3 is 5.97 Å². The number of anilines is 1. The van der Waals surface area contributed by atoms with Gasteiger partial charge in [-0.3, -0.25) is 0 Å². The van der Waals surface area contributed by atoms with E-state index >= 15 is 0 Å². The third kappa shape index (κ3) is 2.95. The molecule has 2 atom stereocenters. The first-order chi connectivity index (χ1) is 8.56. The molecule has 1 saturated heterocycles. The highest BCUT2D eigenvalue weighted by Crippen LogP contribution is 2.22. The maximum Gasteiger partial charge on any atom is 0.361 e. The molecular weight excluding hydrogens is 234 g/mol. The fourth-order valence-corrected chi connectivity index (χ4v) is 2.15. The van der Waals surface area contributed by atoms with Crippen LogP contribution in [0.4, 0.5) is 5.82 Å². The van der Waals surface area contributed by atoms with E-state index in [2.05, 4.69) is 9.97 Å². The van der Waals surface area contributed by atoms with Gasteiger partial charge in [0.1, 0.15) is 6.10 Å².